The smallest absolute Gasteiger partial charge is 0.163 e. The molecule has 4 heteroatoms. The van der Waals surface area contributed by atoms with Gasteiger partial charge in [0.1, 0.15) is 0 Å². The molecule has 2 unspecified atom stereocenters. The highest BCUT2D eigenvalue weighted by molar-refractivity contribution is 5.55. The molecule has 0 bridgehead atoms. The molecule has 1 aromatic rings. The SMILES string of the molecule is CCOc1ccc(NC(C)C2CCOC2)cc1OCC. The minimum absolute atomic E-state index is 0.393. The van der Waals surface area contributed by atoms with Gasteiger partial charge < -0.3 is 19.5 Å². The maximum atomic E-state index is 5.65. The van der Waals surface area contributed by atoms with E-state index in [9.17, 15) is 0 Å². The van der Waals surface area contributed by atoms with Crippen molar-refractivity contribution in [3.05, 3.63) is 18.2 Å². The Labute approximate surface area is 121 Å². The van der Waals surface area contributed by atoms with E-state index in [4.69, 9.17) is 14.2 Å². The van der Waals surface area contributed by atoms with E-state index >= 15 is 0 Å². The van der Waals surface area contributed by atoms with Crippen molar-refractivity contribution in [1.29, 1.82) is 0 Å². The molecule has 0 radical (unpaired) electrons. The first kappa shape index (κ1) is 15.0. The van der Waals surface area contributed by atoms with Crippen molar-refractivity contribution in [3.8, 4) is 11.5 Å². The molecular weight excluding hydrogens is 254 g/mol. The Morgan fingerprint density at radius 1 is 1.25 bits per heavy atom. The number of ether oxygens (including phenoxy) is 3. The minimum Gasteiger partial charge on any atom is -0.490 e. The van der Waals surface area contributed by atoms with Gasteiger partial charge in [-0.1, -0.05) is 0 Å². The normalized spacial score (nSPS) is 19.6. The van der Waals surface area contributed by atoms with Crippen molar-refractivity contribution in [3.63, 3.8) is 0 Å². The van der Waals surface area contributed by atoms with Crippen LogP contribution in [0.15, 0.2) is 18.2 Å². The van der Waals surface area contributed by atoms with Crippen molar-refractivity contribution in [2.24, 2.45) is 5.92 Å². The maximum absolute atomic E-state index is 5.65. The van der Waals surface area contributed by atoms with Crippen LogP contribution in [-0.4, -0.2) is 32.5 Å². The Balaban J connectivity index is 2.05. The van der Waals surface area contributed by atoms with E-state index in [1.165, 1.54) is 0 Å². The molecule has 20 heavy (non-hydrogen) atoms. The quantitative estimate of drug-likeness (QED) is 0.831. The third-order valence-corrected chi connectivity index (χ3v) is 3.61. The van der Waals surface area contributed by atoms with E-state index < -0.39 is 0 Å². The molecule has 2 atom stereocenters. The molecule has 112 valence electrons. The van der Waals surface area contributed by atoms with Gasteiger partial charge in [0.05, 0.1) is 19.8 Å². The molecule has 4 nitrogen and oxygen atoms in total. The third kappa shape index (κ3) is 3.79. The number of benzene rings is 1. The Kier molecular flexibility index (Phi) is 5.53. The molecule has 0 aliphatic carbocycles. The molecule has 1 fully saturated rings. The fourth-order valence-corrected chi connectivity index (χ4v) is 2.47. The van der Waals surface area contributed by atoms with Gasteiger partial charge in [-0.15, -0.1) is 0 Å². The highest BCUT2D eigenvalue weighted by Crippen LogP contribution is 2.31. The summed E-state index contributed by atoms with van der Waals surface area (Å²) in [5.74, 6) is 2.18. The monoisotopic (exact) mass is 279 g/mol. The first-order valence-electron chi connectivity index (χ1n) is 7.48. The average Bonchev–Trinajstić information content (AvgIpc) is 2.96. The zero-order valence-corrected chi connectivity index (χ0v) is 12.6. The van der Waals surface area contributed by atoms with Gasteiger partial charge in [0, 0.05) is 30.3 Å². The summed E-state index contributed by atoms with van der Waals surface area (Å²) in [6.45, 7) is 9.17. The average molecular weight is 279 g/mol. The van der Waals surface area contributed by atoms with Crippen LogP contribution in [0.3, 0.4) is 0 Å². The topological polar surface area (TPSA) is 39.7 Å². The second kappa shape index (κ2) is 7.39. The van der Waals surface area contributed by atoms with E-state index in [2.05, 4.69) is 12.2 Å². The summed E-state index contributed by atoms with van der Waals surface area (Å²) >= 11 is 0. The standard InChI is InChI=1S/C16H25NO3/c1-4-19-15-7-6-14(10-16(15)20-5-2)17-12(3)13-8-9-18-11-13/h6-7,10,12-13,17H,4-5,8-9,11H2,1-3H3. The second-order valence-electron chi connectivity index (χ2n) is 5.08. The molecule has 0 saturated carbocycles. The fourth-order valence-electron chi connectivity index (χ4n) is 2.47. The van der Waals surface area contributed by atoms with Crippen LogP contribution in [-0.2, 0) is 4.74 Å². The van der Waals surface area contributed by atoms with Crippen molar-refractivity contribution >= 4 is 5.69 Å². The molecule has 1 saturated heterocycles. The van der Waals surface area contributed by atoms with Crippen molar-refractivity contribution in [2.75, 3.05) is 31.7 Å². The predicted molar refractivity (Wildman–Crippen MR) is 80.8 cm³/mol. The van der Waals surface area contributed by atoms with Crippen LogP contribution in [0.5, 0.6) is 11.5 Å². The third-order valence-electron chi connectivity index (χ3n) is 3.61. The van der Waals surface area contributed by atoms with Gasteiger partial charge in [0.25, 0.3) is 0 Å². The number of hydrogen-bond donors (Lipinski definition) is 1. The highest BCUT2D eigenvalue weighted by atomic mass is 16.5. The highest BCUT2D eigenvalue weighted by Gasteiger charge is 2.22. The summed E-state index contributed by atoms with van der Waals surface area (Å²) in [6, 6.07) is 6.42. The summed E-state index contributed by atoms with van der Waals surface area (Å²) in [5, 5.41) is 3.54. The summed E-state index contributed by atoms with van der Waals surface area (Å²) in [4.78, 5) is 0. The van der Waals surface area contributed by atoms with E-state index in [0.717, 1.165) is 36.8 Å². The van der Waals surface area contributed by atoms with Crippen molar-refractivity contribution in [1.82, 2.24) is 0 Å². The van der Waals surface area contributed by atoms with Gasteiger partial charge in [-0.2, -0.15) is 0 Å². The predicted octanol–water partition coefficient (Wildman–Crippen LogP) is 3.32. The Hall–Kier alpha value is -1.42. The lowest BCUT2D eigenvalue weighted by Gasteiger charge is -2.21. The number of rotatable bonds is 7. The molecule has 0 spiro atoms. The van der Waals surface area contributed by atoms with Gasteiger partial charge in [0.2, 0.25) is 0 Å². The number of hydrogen-bond acceptors (Lipinski definition) is 4. The fraction of sp³-hybridized carbons (Fsp3) is 0.625. The van der Waals surface area contributed by atoms with Crippen LogP contribution in [0, 0.1) is 5.92 Å². The van der Waals surface area contributed by atoms with Crippen LogP contribution in [0.2, 0.25) is 0 Å². The summed E-state index contributed by atoms with van der Waals surface area (Å²) < 4.78 is 16.7. The molecule has 1 heterocycles. The number of anilines is 1. The molecule has 1 N–H and O–H groups in total. The van der Waals surface area contributed by atoms with Gasteiger partial charge in [-0.3, -0.25) is 0 Å². The summed E-state index contributed by atoms with van der Waals surface area (Å²) in [5.41, 5.74) is 1.07. The van der Waals surface area contributed by atoms with Gasteiger partial charge in [0.15, 0.2) is 11.5 Å². The summed E-state index contributed by atoms with van der Waals surface area (Å²) in [7, 11) is 0. The van der Waals surface area contributed by atoms with E-state index in [0.29, 0.717) is 25.2 Å². The molecule has 0 amide bonds. The summed E-state index contributed by atoms with van der Waals surface area (Å²) in [6.07, 6.45) is 1.13. The zero-order chi connectivity index (χ0) is 14.4. The van der Waals surface area contributed by atoms with Crippen molar-refractivity contribution < 1.29 is 14.2 Å². The van der Waals surface area contributed by atoms with Crippen LogP contribution < -0.4 is 14.8 Å². The first-order chi connectivity index (χ1) is 9.74. The molecule has 2 rings (SSSR count). The maximum Gasteiger partial charge on any atom is 0.163 e. The van der Waals surface area contributed by atoms with Gasteiger partial charge >= 0.3 is 0 Å². The molecule has 0 aromatic heterocycles. The van der Waals surface area contributed by atoms with Gasteiger partial charge in [-0.05, 0) is 39.3 Å². The molecule has 1 aromatic carbocycles. The van der Waals surface area contributed by atoms with E-state index in [-0.39, 0.29) is 0 Å². The largest absolute Gasteiger partial charge is 0.490 e. The van der Waals surface area contributed by atoms with Gasteiger partial charge in [-0.25, -0.2) is 0 Å². The molecular formula is C16H25NO3. The first-order valence-corrected chi connectivity index (χ1v) is 7.48. The van der Waals surface area contributed by atoms with Crippen molar-refractivity contribution in [2.45, 2.75) is 33.2 Å². The second-order valence-corrected chi connectivity index (χ2v) is 5.08. The number of nitrogens with one attached hydrogen (secondary N) is 1. The lowest BCUT2D eigenvalue weighted by atomic mass is 10.0. The molecule has 1 aliphatic heterocycles. The van der Waals surface area contributed by atoms with Crippen LogP contribution in [0.25, 0.3) is 0 Å². The van der Waals surface area contributed by atoms with Crippen LogP contribution >= 0.6 is 0 Å². The minimum atomic E-state index is 0.393. The Morgan fingerprint density at radius 3 is 2.65 bits per heavy atom. The lowest BCUT2D eigenvalue weighted by molar-refractivity contribution is 0.183. The van der Waals surface area contributed by atoms with Crippen LogP contribution in [0.1, 0.15) is 27.2 Å². The van der Waals surface area contributed by atoms with Crippen LogP contribution in [0.4, 0.5) is 5.69 Å². The zero-order valence-electron chi connectivity index (χ0n) is 12.6. The van der Waals surface area contributed by atoms with E-state index in [1.807, 2.05) is 32.0 Å². The lowest BCUT2D eigenvalue weighted by Crippen LogP contribution is -2.26. The molecule has 1 aliphatic rings. The Morgan fingerprint density at radius 2 is 2.00 bits per heavy atom. The Bertz CT molecular complexity index is 416. The van der Waals surface area contributed by atoms with E-state index in [1.54, 1.807) is 0 Å².